The Balaban J connectivity index is 2.59. The van der Waals surface area contributed by atoms with E-state index in [4.69, 9.17) is 17.4 Å². The maximum Gasteiger partial charge on any atom is 0.127 e. The number of nitrogens with two attached hydrogens (primary N) is 1. The summed E-state index contributed by atoms with van der Waals surface area (Å²) in [5, 5.41) is 3.41. The minimum Gasteiger partial charge on any atom is -0.299 e. The molecule has 0 unspecified atom stereocenters. The summed E-state index contributed by atoms with van der Waals surface area (Å²) >= 11 is 5.69. The molecule has 0 bridgehead atoms. The topological polar surface area (TPSA) is 50.1 Å². The van der Waals surface area contributed by atoms with Gasteiger partial charge in [-0.15, -0.1) is 0 Å². The molecule has 4 N–H and O–H groups in total. The van der Waals surface area contributed by atoms with Crippen LogP contribution in [0.3, 0.4) is 0 Å². The molecule has 0 atom stereocenters. The van der Waals surface area contributed by atoms with Crippen molar-refractivity contribution in [3.63, 3.8) is 0 Å². The summed E-state index contributed by atoms with van der Waals surface area (Å²) in [6.07, 6.45) is 0. The summed E-state index contributed by atoms with van der Waals surface area (Å²) in [5.41, 5.74) is 2.94. The highest BCUT2D eigenvalue weighted by Gasteiger charge is 2.01. The molecule has 0 saturated heterocycles. The van der Waals surface area contributed by atoms with Gasteiger partial charge in [0, 0.05) is 17.1 Å². The lowest BCUT2D eigenvalue weighted by atomic mass is 10.2. The molecule has 0 radical (unpaired) electrons. The van der Waals surface area contributed by atoms with Crippen molar-refractivity contribution in [1.29, 1.82) is 0 Å². The van der Waals surface area contributed by atoms with Crippen LogP contribution in [0, 0.1) is 5.82 Å². The number of hydrogen-bond donors (Lipinski definition) is 3. The average molecular weight is 204 g/mol. The monoisotopic (exact) mass is 203 g/mol. The van der Waals surface area contributed by atoms with Crippen LogP contribution in [0.2, 0.25) is 5.02 Å². The summed E-state index contributed by atoms with van der Waals surface area (Å²) in [6, 6.07) is 4.44. The highest BCUT2D eigenvalue weighted by atomic mass is 35.5. The van der Waals surface area contributed by atoms with Crippen molar-refractivity contribution >= 4 is 11.6 Å². The first-order chi connectivity index (χ1) is 6.24. The van der Waals surface area contributed by atoms with E-state index in [0.29, 0.717) is 23.8 Å². The Morgan fingerprint density at radius 1 is 1.46 bits per heavy atom. The van der Waals surface area contributed by atoms with Crippen molar-refractivity contribution in [3.8, 4) is 0 Å². The Bertz CT molecular complexity index is 280. The number of rotatable bonds is 4. The van der Waals surface area contributed by atoms with Crippen LogP contribution in [0.15, 0.2) is 18.2 Å². The molecule has 0 spiro atoms. The van der Waals surface area contributed by atoms with E-state index in [9.17, 15) is 4.39 Å². The molecule has 0 aliphatic heterocycles. The molecule has 0 aromatic heterocycles. The largest absolute Gasteiger partial charge is 0.299 e. The minimum absolute atomic E-state index is 0.270. The molecule has 0 aliphatic carbocycles. The van der Waals surface area contributed by atoms with Crippen molar-refractivity contribution in [1.82, 2.24) is 10.7 Å². The van der Waals surface area contributed by atoms with Crippen LogP contribution in [0.4, 0.5) is 4.39 Å². The summed E-state index contributed by atoms with van der Waals surface area (Å²) in [4.78, 5) is 0. The molecule has 0 saturated carbocycles. The SMILES string of the molecule is NNCNCc1cc(Cl)ccc1F. The summed E-state index contributed by atoms with van der Waals surface area (Å²) in [5.74, 6) is 4.76. The molecule has 0 aliphatic rings. The Morgan fingerprint density at radius 3 is 2.92 bits per heavy atom. The van der Waals surface area contributed by atoms with Gasteiger partial charge < -0.3 is 0 Å². The van der Waals surface area contributed by atoms with E-state index in [1.54, 1.807) is 6.07 Å². The van der Waals surface area contributed by atoms with Crippen LogP contribution in [0.5, 0.6) is 0 Å². The summed E-state index contributed by atoms with van der Waals surface area (Å²) < 4.78 is 13.0. The predicted molar refractivity (Wildman–Crippen MR) is 50.4 cm³/mol. The van der Waals surface area contributed by atoms with Gasteiger partial charge in [0.25, 0.3) is 0 Å². The van der Waals surface area contributed by atoms with Crippen LogP contribution in [0.1, 0.15) is 5.56 Å². The number of nitrogens with one attached hydrogen (secondary N) is 2. The van der Waals surface area contributed by atoms with E-state index < -0.39 is 0 Å². The smallest absolute Gasteiger partial charge is 0.127 e. The second kappa shape index (κ2) is 5.14. The zero-order valence-electron chi connectivity index (χ0n) is 6.98. The van der Waals surface area contributed by atoms with Gasteiger partial charge >= 0.3 is 0 Å². The molecule has 0 heterocycles. The van der Waals surface area contributed by atoms with E-state index in [1.807, 2.05) is 0 Å². The average Bonchev–Trinajstić information content (AvgIpc) is 2.11. The minimum atomic E-state index is -0.270. The number of benzene rings is 1. The third-order valence-corrected chi connectivity index (χ3v) is 1.79. The maximum atomic E-state index is 13.0. The lowest BCUT2D eigenvalue weighted by molar-refractivity contribution is 0.564. The molecule has 72 valence electrons. The van der Waals surface area contributed by atoms with Crippen LogP contribution < -0.4 is 16.6 Å². The number of hydrazine groups is 1. The third kappa shape index (κ3) is 3.28. The Hall–Kier alpha value is -0.680. The van der Waals surface area contributed by atoms with E-state index >= 15 is 0 Å². The van der Waals surface area contributed by atoms with Gasteiger partial charge in [-0.25, -0.2) is 9.82 Å². The molecular formula is C8H11ClFN3. The first-order valence-corrected chi connectivity index (χ1v) is 4.20. The molecule has 0 amide bonds. The van der Waals surface area contributed by atoms with Crippen molar-refractivity contribution in [2.75, 3.05) is 6.67 Å². The fraction of sp³-hybridized carbons (Fsp3) is 0.250. The zero-order chi connectivity index (χ0) is 9.68. The van der Waals surface area contributed by atoms with Crippen LogP contribution in [0.25, 0.3) is 0 Å². The molecular weight excluding hydrogens is 193 g/mol. The van der Waals surface area contributed by atoms with Gasteiger partial charge in [0.15, 0.2) is 0 Å². The van der Waals surface area contributed by atoms with Gasteiger partial charge in [-0.1, -0.05) is 11.6 Å². The van der Waals surface area contributed by atoms with Crippen LogP contribution in [-0.4, -0.2) is 6.67 Å². The van der Waals surface area contributed by atoms with Crippen LogP contribution in [-0.2, 0) is 6.54 Å². The van der Waals surface area contributed by atoms with E-state index in [0.717, 1.165) is 0 Å². The molecule has 5 heteroatoms. The quantitative estimate of drug-likeness (QED) is 0.296. The first-order valence-electron chi connectivity index (χ1n) is 3.82. The standard InChI is InChI=1S/C8H11ClFN3/c9-7-1-2-8(10)6(3-7)4-12-5-13-11/h1-3,12-13H,4-5,11H2. The maximum absolute atomic E-state index is 13.0. The lowest BCUT2D eigenvalue weighted by Crippen LogP contribution is -2.33. The first kappa shape index (κ1) is 10.4. The molecule has 13 heavy (non-hydrogen) atoms. The fourth-order valence-electron chi connectivity index (χ4n) is 0.948. The number of halogens is 2. The molecule has 1 rings (SSSR count). The third-order valence-electron chi connectivity index (χ3n) is 1.55. The van der Waals surface area contributed by atoms with E-state index in [-0.39, 0.29) is 5.82 Å². The molecule has 3 nitrogen and oxygen atoms in total. The zero-order valence-corrected chi connectivity index (χ0v) is 7.74. The van der Waals surface area contributed by atoms with Crippen molar-refractivity contribution < 1.29 is 4.39 Å². The second-order valence-electron chi connectivity index (χ2n) is 2.54. The molecule has 1 aromatic carbocycles. The Morgan fingerprint density at radius 2 is 2.23 bits per heavy atom. The van der Waals surface area contributed by atoms with Crippen LogP contribution >= 0.6 is 11.6 Å². The summed E-state index contributed by atoms with van der Waals surface area (Å²) in [6.45, 7) is 0.822. The van der Waals surface area contributed by atoms with Gasteiger partial charge in [-0.2, -0.15) is 0 Å². The van der Waals surface area contributed by atoms with Gasteiger partial charge in [0.2, 0.25) is 0 Å². The molecule has 1 aromatic rings. The summed E-state index contributed by atoms with van der Waals surface area (Å²) in [7, 11) is 0. The van der Waals surface area contributed by atoms with Gasteiger partial charge in [0.1, 0.15) is 5.82 Å². The molecule has 0 fully saturated rings. The number of hydrogen-bond acceptors (Lipinski definition) is 3. The Kier molecular flexibility index (Phi) is 4.11. The van der Waals surface area contributed by atoms with Gasteiger partial charge in [-0.3, -0.25) is 11.2 Å². The van der Waals surface area contributed by atoms with E-state index in [2.05, 4.69) is 10.7 Å². The van der Waals surface area contributed by atoms with Gasteiger partial charge in [-0.05, 0) is 18.2 Å². The van der Waals surface area contributed by atoms with Gasteiger partial charge in [0.05, 0.1) is 6.67 Å². The highest BCUT2D eigenvalue weighted by molar-refractivity contribution is 6.30. The second-order valence-corrected chi connectivity index (χ2v) is 2.98. The normalized spacial score (nSPS) is 10.4. The van der Waals surface area contributed by atoms with Crippen molar-refractivity contribution in [2.45, 2.75) is 6.54 Å². The fourth-order valence-corrected chi connectivity index (χ4v) is 1.14. The highest BCUT2D eigenvalue weighted by Crippen LogP contribution is 2.14. The van der Waals surface area contributed by atoms with E-state index in [1.165, 1.54) is 12.1 Å². The lowest BCUT2D eigenvalue weighted by Gasteiger charge is -2.05. The van der Waals surface area contributed by atoms with Crippen molar-refractivity contribution in [3.05, 3.63) is 34.6 Å². The predicted octanol–water partition coefficient (Wildman–Crippen LogP) is 0.990. The van der Waals surface area contributed by atoms with Crippen molar-refractivity contribution in [2.24, 2.45) is 5.84 Å². The Labute approximate surface area is 81.0 Å².